The zero-order valence-corrected chi connectivity index (χ0v) is 26.8. The van der Waals surface area contributed by atoms with Crippen LogP contribution < -0.4 is 15.2 Å². The van der Waals surface area contributed by atoms with Crippen molar-refractivity contribution in [2.24, 2.45) is 5.73 Å². The molecule has 0 aromatic heterocycles. The Bertz CT molecular complexity index is 1420. The number of likely N-dealkylation sites (tertiary alicyclic amines) is 2. The Morgan fingerprint density at radius 2 is 1.49 bits per heavy atom. The van der Waals surface area contributed by atoms with Crippen molar-refractivity contribution >= 4 is 47.4 Å². The Labute approximate surface area is 269 Å². The van der Waals surface area contributed by atoms with Gasteiger partial charge >= 0.3 is 0 Å². The molecule has 5 rings (SSSR count). The standard InChI is InChI=1S/C33H37Cl2N3O4.ClH/c1-41-27-9-6-10-28(42-2)29(27)30(39)38-20-14-32(22-38,24-11-12-25(34)26(35)21-24)13-17-37-18-15-33(16-19-37,31(36)40)23-7-4-3-5-8-23;/h3-12,21H,13-20,22H2,1-2H3,(H2,36,40);1H. The summed E-state index contributed by atoms with van der Waals surface area (Å²) in [6.07, 6.45) is 2.93. The molecule has 0 radical (unpaired) electrons. The lowest BCUT2D eigenvalue weighted by atomic mass is 9.71. The first-order valence-electron chi connectivity index (χ1n) is 14.3. The molecule has 2 amide bonds. The SMILES string of the molecule is COc1cccc(OC)c1C(=O)N1CCC(CCN2CCC(C(N)=O)(c3ccccc3)CC2)(c2ccc(Cl)c(Cl)c2)C1.Cl. The highest BCUT2D eigenvalue weighted by molar-refractivity contribution is 6.42. The van der Waals surface area contributed by atoms with E-state index >= 15 is 0 Å². The molecule has 0 bridgehead atoms. The highest BCUT2D eigenvalue weighted by Crippen LogP contribution is 2.43. The number of carbonyl (C=O) groups is 2. The molecular formula is C33H38Cl3N3O4. The monoisotopic (exact) mass is 645 g/mol. The fourth-order valence-corrected chi connectivity index (χ4v) is 6.94. The van der Waals surface area contributed by atoms with E-state index in [0.717, 1.165) is 43.6 Å². The van der Waals surface area contributed by atoms with Crippen LogP contribution in [0.4, 0.5) is 0 Å². The maximum absolute atomic E-state index is 13.9. The quantitative estimate of drug-likeness (QED) is 0.303. The van der Waals surface area contributed by atoms with Crippen LogP contribution in [-0.2, 0) is 15.6 Å². The molecule has 2 fully saturated rings. The van der Waals surface area contributed by atoms with Gasteiger partial charge in [0, 0.05) is 18.5 Å². The van der Waals surface area contributed by atoms with Gasteiger partial charge in [0.2, 0.25) is 5.91 Å². The number of nitrogens with zero attached hydrogens (tertiary/aromatic N) is 2. The van der Waals surface area contributed by atoms with Gasteiger partial charge in [-0.3, -0.25) is 9.59 Å². The van der Waals surface area contributed by atoms with Gasteiger partial charge in [0.15, 0.2) is 0 Å². The summed E-state index contributed by atoms with van der Waals surface area (Å²) in [6.45, 7) is 3.43. The van der Waals surface area contributed by atoms with Crippen LogP contribution >= 0.6 is 35.6 Å². The van der Waals surface area contributed by atoms with Crippen LogP contribution in [0, 0.1) is 0 Å². The zero-order valence-electron chi connectivity index (χ0n) is 24.5. The molecule has 3 aromatic carbocycles. The van der Waals surface area contributed by atoms with Crippen molar-refractivity contribution in [1.82, 2.24) is 9.80 Å². The van der Waals surface area contributed by atoms with E-state index in [9.17, 15) is 9.59 Å². The van der Waals surface area contributed by atoms with E-state index in [1.54, 1.807) is 26.4 Å². The van der Waals surface area contributed by atoms with E-state index in [1.165, 1.54) is 0 Å². The number of amides is 2. The number of carbonyl (C=O) groups excluding carboxylic acids is 2. The maximum Gasteiger partial charge on any atom is 0.261 e. The molecule has 2 aliphatic heterocycles. The normalized spacial score (nSPS) is 19.9. The summed E-state index contributed by atoms with van der Waals surface area (Å²) in [4.78, 5) is 30.8. The van der Waals surface area contributed by atoms with Crippen LogP contribution in [0.5, 0.6) is 11.5 Å². The lowest BCUT2D eigenvalue weighted by Crippen LogP contribution is -2.50. The Balaban J connectivity index is 0.00000423. The van der Waals surface area contributed by atoms with Crippen LogP contribution in [0.1, 0.15) is 47.2 Å². The lowest BCUT2D eigenvalue weighted by Gasteiger charge is -2.41. The number of ether oxygens (including phenoxy) is 2. The molecule has 230 valence electrons. The van der Waals surface area contributed by atoms with Gasteiger partial charge in [-0.05, 0) is 80.7 Å². The smallest absolute Gasteiger partial charge is 0.261 e. The summed E-state index contributed by atoms with van der Waals surface area (Å²) in [5.74, 6) is 0.572. The fraction of sp³-hybridized carbons (Fsp3) is 0.394. The molecule has 43 heavy (non-hydrogen) atoms. The van der Waals surface area contributed by atoms with Gasteiger partial charge in [-0.25, -0.2) is 0 Å². The Hall–Kier alpha value is -2.97. The number of rotatable bonds is 9. The van der Waals surface area contributed by atoms with Crippen molar-refractivity contribution in [1.29, 1.82) is 0 Å². The summed E-state index contributed by atoms with van der Waals surface area (Å²) in [5, 5.41) is 0.997. The summed E-state index contributed by atoms with van der Waals surface area (Å²) in [5.41, 5.74) is 7.47. The van der Waals surface area contributed by atoms with Crippen molar-refractivity contribution in [2.75, 3.05) is 46.9 Å². The Morgan fingerprint density at radius 3 is 2.07 bits per heavy atom. The number of methoxy groups -OCH3 is 2. The summed E-state index contributed by atoms with van der Waals surface area (Å²) < 4.78 is 11.1. The second kappa shape index (κ2) is 13.8. The summed E-state index contributed by atoms with van der Waals surface area (Å²) in [7, 11) is 3.11. The maximum atomic E-state index is 13.9. The van der Waals surface area contributed by atoms with Gasteiger partial charge in [-0.1, -0.05) is 65.7 Å². The lowest BCUT2D eigenvalue weighted by molar-refractivity contribution is -0.125. The number of hydrogen-bond acceptors (Lipinski definition) is 5. The van der Waals surface area contributed by atoms with Gasteiger partial charge in [0.25, 0.3) is 5.91 Å². The second-order valence-corrected chi connectivity index (χ2v) is 12.1. The fourth-order valence-electron chi connectivity index (χ4n) is 6.64. The first kappa shape index (κ1) is 32.9. The molecule has 0 saturated carbocycles. The largest absolute Gasteiger partial charge is 0.496 e. The van der Waals surface area contributed by atoms with Gasteiger partial charge < -0.3 is 25.0 Å². The molecule has 0 spiro atoms. The van der Waals surface area contributed by atoms with Crippen LogP contribution in [0.2, 0.25) is 10.0 Å². The molecule has 2 saturated heterocycles. The molecule has 7 nitrogen and oxygen atoms in total. The minimum Gasteiger partial charge on any atom is -0.496 e. The van der Waals surface area contributed by atoms with Crippen molar-refractivity contribution in [3.8, 4) is 11.5 Å². The van der Waals surface area contributed by atoms with Gasteiger partial charge in [-0.15, -0.1) is 12.4 Å². The van der Waals surface area contributed by atoms with Crippen molar-refractivity contribution < 1.29 is 19.1 Å². The number of primary amides is 1. The van der Waals surface area contributed by atoms with Crippen LogP contribution in [-0.4, -0.2) is 68.6 Å². The van der Waals surface area contributed by atoms with E-state index < -0.39 is 5.41 Å². The Kier molecular flexibility index (Phi) is 10.5. The molecule has 2 N–H and O–H groups in total. The van der Waals surface area contributed by atoms with Crippen molar-refractivity contribution in [3.63, 3.8) is 0 Å². The van der Waals surface area contributed by atoms with E-state index in [2.05, 4.69) is 4.90 Å². The average molecular weight is 647 g/mol. The molecular weight excluding hydrogens is 609 g/mol. The minimum absolute atomic E-state index is 0. The predicted octanol–water partition coefficient (Wildman–Crippen LogP) is 6.13. The van der Waals surface area contributed by atoms with E-state index in [-0.39, 0.29) is 29.6 Å². The van der Waals surface area contributed by atoms with E-state index in [1.807, 2.05) is 59.5 Å². The molecule has 2 aliphatic rings. The van der Waals surface area contributed by atoms with Crippen LogP contribution in [0.3, 0.4) is 0 Å². The Morgan fingerprint density at radius 1 is 0.837 bits per heavy atom. The first-order chi connectivity index (χ1) is 20.2. The molecule has 2 heterocycles. The average Bonchev–Trinajstić information content (AvgIpc) is 3.46. The third-order valence-corrected chi connectivity index (χ3v) is 9.97. The van der Waals surface area contributed by atoms with E-state index in [0.29, 0.717) is 53.0 Å². The summed E-state index contributed by atoms with van der Waals surface area (Å²) in [6, 6.07) is 21.0. The molecule has 3 aromatic rings. The number of hydrogen-bond donors (Lipinski definition) is 1. The highest BCUT2D eigenvalue weighted by Gasteiger charge is 2.45. The number of nitrogens with two attached hydrogens (primary N) is 1. The predicted molar refractivity (Wildman–Crippen MR) is 173 cm³/mol. The van der Waals surface area contributed by atoms with Gasteiger partial charge in [-0.2, -0.15) is 0 Å². The van der Waals surface area contributed by atoms with E-state index in [4.69, 9.17) is 38.4 Å². The van der Waals surface area contributed by atoms with Crippen LogP contribution in [0.25, 0.3) is 0 Å². The zero-order chi connectivity index (χ0) is 29.9. The van der Waals surface area contributed by atoms with Gasteiger partial charge in [0.05, 0.1) is 29.7 Å². The number of benzene rings is 3. The molecule has 1 atom stereocenters. The van der Waals surface area contributed by atoms with Crippen LogP contribution in [0.15, 0.2) is 66.7 Å². The van der Waals surface area contributed by atoms with Crippen molar-refractivity contribution in [3.05, 3.63) is 93.5 Å². The molecule has 1 unspecified atom stereocenters. The molecule has 10 heteroatoms. The third-order valence-electron chi connectivity index (χ3n) is 9.23. The number of halogens is 3. The molecule has 0 aliphatic carbocycles. The third kappa shape index (κ3) is 6.46. The first-order valence-corrected chi connectivity index (χ1v) is 15.0. The highest BCUT2D eigenvalue weighted by atomic mass is 35.5. The number of piperidine rings is 1. The summed E-state index contributed by atoms with van der Waals surface area (Å²) >= 11 is 12.8. The minimum atomic E-state index is -0.649. The topological polar surface area (TPSA) is 85.1 Å². The van der Waals surface area contributed by atoms with Crippen molar-refractivity contribution in [2.45, 2.75) is 36.5 Å². The van der Waals surface area contributed by atoms with Gasteiger partial charge in [0.1, 0.15) is 17.1 Å². The second-order valence-electron chi connectivity index (χ2n) is 11.3.